The number of anilines is 2. The van der Waals surface area contributed by atoms with Crippen molar-refractivity contribution in [1.29, 1.82) is 0 Å². The van der Waals surface area contributed by atoms with Gasteiger partial charge >= 0.3 is 0 Å². The fourth-order valence-electron chi connectivity index (χ4n) is 3.13. The Hall–Kier alpha value is -4.34. The zero-order chi connectivity index (χ0) is 25.4. The average Bonchev–Trinajstić information content (AvgIpc) is 3.38. The molecule has 1 aromatic heterocycles. The summed E-state index contributed by atoms with van der Waals surface area (Å²) in [6, 6.07) is 10.5. The van der Waals surface area contributed by atoms with E-state index in [0.717, 1.165) is 12.0 Å². The molecule has 10 nitrogen and oxygen atoms in total. The van der Waals surface area contributed by atoms with E-state index in [9.17, 15) is 19.7 Å². The molecule has 3 aromatic rings. The van der Waals surface area contributed by atoms with Crippen LogP contribution in [0, 0.1) is 17.0 Å². The molecule has 35 heavy (non-hydrogen) atoms. The Kier molecular flexibility index (Phi) is 8.44. The van der Waals surface area contributed by atoms with Crippen molar-refractivity contribution < 1.29 is 28.4 Å². The number of furan rings is 1. The molecule has 3 rings (SSSR count). The van der Waals surface area contributed by atoms with Crippen LogP contribution in [0.1, 0.15) is 53.2 Å². The number of rotatable bonds is 11. The van der Waals surface area contributed by atoms with E-state index in [1.54, 1.807) is 25.1 Å². The summed E-state index contributed by atoms with van der Waals surface area (Å²) in [6.07, 6.45) is 2.82. The summed E-state index contributed by atoms with van der Waals surface area (Å²) in [6.45, 7) is 6.37. The number of nitrogens with one attached hydrogen (secondary N) is 2. The van der Waals surface area contributed by atoms with Gasteiger partial charge < -0.3 is 24.5 Å². The maximum atomic E-state index is 13.0. The topological polar surface area (TPSA) is 133 Å². The van der Waals surface area contributed by atoms with Gasteiger partial charge in [-0.2, -0.15) is 0 Å². The molecule has 184 valence electrons. The van der Waals surface area contributed by atoms with Gasteiger partial charge in [-0.15, -0.1) is 0 Å². The first kappa shape index (κ1) is 25.3. The van der Waals surface area contributed by atoms with Crippen LogP contribution in [0.15, 0.2) is 53.1 Å². The molecule has 2 aromatic carbocycles. The van der Waals surface area contributed by atoms with Crippen molar-refractivity contribution in [2.75, 3.05) is 23.8 Å². The van der Waals surface area contributed by atoms with Gasteiger partial charge in [-0.3, -0.25) is 19.7 Å². The molecule has 0 fully saturated rings. The molecular weight excluding hydrogens is 454 g/mol. The lowest BCUT2D eigenvalue weighted by Gasteiger charge is -2.15. The number of hydrogen-bond donors (Lipinski definition) is 2. The molecule has 0 bridgehead atoms. The molecule has 0 atom stereocenters. The first-order valence-electron chi connectivity index (χ1n) is 11.2. The number of aryl methyl sites for hydroxylation is 1. The number of carbonyl (C=O) groups is 2. The van der Waals surface area contributed by atoms with Gasteiger partial charge in [0.15, 0.2) is 17.3 Å². The predicted molar refractivity (Wildman–Crippen MR) is 130 cm³/mol. The molecule has 0 spiro atoms. The third-order valence-corrected chi connectivity index (χ3v) is 4.92. The van der Waals surface area contributed by atoms with Crippen molar-refractivity contribution in [3.8, 4) is 11.5 Å². The van der Waals surface area contributed by atoms with Gasteiger partial charge in [0.2, 0.25) is 0 Å². The van der Waals surface area contributed by atoms with Crippen molar-refractivity contribution in [3.05, 3.63) is 75.7 Å². The zero-order valence-corrected chi connectivity index (χ0v) is 19.8. The highest BCUT2D eigenvalue weighted by Gasteiger charge is 2.23. The fraction of sp³-hybridized carbons (Fsp3) is 0.280. The Bertz CT molecular complexity index is 1210. The second-order valence-electron chi connectivity index (χ2n) is 7.69. The lowest BCUT2D eigenvalue weighted by molar-refractivity contribution is -0.384. The van der Waals surface area contributed by atoms with Crippen molar-refractivity contribution in [2.24, 2.45) is 0 Å². The summed E-state index contributed by atoms with van der Waals surface area (Å²) < 4.78 is 16.4. The molecule has 0 saturated carbocycles. The van der Waals surface area contributed by atoms with Crippen molar-refractivity contribution in [1.82, 2.24) is 0 Å². The first-order chi connectivity index (χ1) is 16.8. The minimum atomic E-state index is -0.595. The second-order valence-corrected chi connectivity index (χ2v) is 7.69. The van der Waals surface area contributed by atoms with Gasteiger partial charge in [0.25, 0.3) is 17.5 Å². The molecule has 0 radical (unpaired) electrons. The number of nitro benzene ring substituents is 1. The normalized spacial score (nSPS) is 10.5. The SMILES string of the molecule is CCCOc1cc(NC(=O)c2ccc(C)c(NC(=O)c3ccco3)c2)c([N+](=O)[O-])cc1OCCC. The number of nitrogens with zero attached hydrogens (tertiary/aromatic N) is 1. The number of hydrogen-bond acceptors (Lipinski definition) is 7. The highest BCUT2D eigenvalue weighted by molar-refractivity contribution is 6.08. The number of ether oxygens (including phenoxy) is 2. The predicted octanol–water partition coefficient (Wildman–Crippen LogP) is 5.58. The van der Waals surface area contributed by atoms with E-state index in [1.165, 1.54) is 30.5 Å². The third-order valence-electron chi connectivity index (χ3n) is 4.92. The summed E-state index contributed by atoms with van der Waals surface area (Å²) in [5.74, 6) is -0.392. The molecule has 0 aliphatic carbocycles. The monoisotopic (exact) mass is 481 g/mol. The summed E-state index contributed by atoms with van der Waals surface area (Å²) in [5.41, 5.74) is 0.967. The Balaban J connectivity index is 1.89. The molecule has 0 aliphatic heterocycles. The highest BCUT2D eigenvalue weighted by atomic mass is 16.6. The fourth-order valence-corrected chi connectivity index (χ4v) is 3.13. The van der Waals surface area contributed by atoms with Crippen LogP contribution in [-0.2, 0) is 0 Å². The lowest BCUT2D eigenvalue weighted by Crippen LogP contribution is -2.16. The number of nitro groups is 1. The highest BCUT2D eigenvalue weighted by Crippen LogP contribution is 2.38. The average molecular weight is 482 g/mol. The van der Waals surface area contributed by atoms with Crippen LogP contribution in [0.5, 0.6) is 11.5 Å². The summed E-state index contributed by atoms with van der Waals surface area (Å²) in [7, 11) is 0. The van der Waals surface area contributed by atoms with Crippen LogP contribution in [0.4, 0.5) is 17.1 Å². The van der Waals surface area contributed by atoms with E-state index in [2.05, 4.69) is 10.6 Å². The minimum absolute atomic E-state index is 0.0308. The van der Waals surface area contributed by atoms with E-state index < -0.39 is 16.7 Å². The minimum Gasteiger partial charge on any atom is -0.490 e. The summed E-state index contributed by atoms with van der Waals surface area (Å²) in [4.78, 5) is 36.5. The van der Waals surface area contributed by atoms with Gasteiger partial charge in [0.1, 0.15) is 5.69 Å². The maximum Gasteiger partial charge on any atom is 0.296 e. The molecule has 2 amide bonds. The summed E-state index contributed by atoms with van der Waals surface area (Å²) in [5, 5.41) is 17.0. The summed E-state index contributed by atoms with van der Waals surface area (Å²) >= 11 is 0. The Labute approximate surface area is 202 Å². The lowest BCUT2D eigenvalue weighted by atomic mass is 10.1. The van der Waals surface area contributed by atoms with Crippen molar-refractivity contribution in [2.45, 2.75) is 33.6 Å². The number of carbonyl (C=O) groups excluding carboxylic acids is 2. The van der Waals surface area contributed by atoms with E-state index in [4.69, 9.17) is 13.9 Å². The van der Waals surface area contributed by atoms with Crippen LogP contribution in [0.2, 0.25) is 0 Å². The van der Waals surface area contributed by atoms with Crippen LogP contribution in [-0.4, -0.2) is 30.0 Å². The Morgan fingerprint density at radius 1 is 0.943 bits per heavy atom. The molecular formula is C25H27N3O7. The van der Waals surface area contributed by atoms with E-state index in [0.29, 0.717) is 31.1 Å². The van der Waals surface area contributed by atoms with E-state index in [-0.39, 0.29) is 28.4 Å². The molecule has 0 saturated heterocycles. The van der Waals surface area contributed by atoms with Crippen LogP contribution in [0.25, 0.3) is 0 Å². The van der Waals surface area contributed by atoms with Crippen LogP contribution < -0.4 is 20.1 Å². The zero-order valence-electron chi connectivity index (χ0n) is 19.8. The van der Waals surface area contributed by atoms with Gasteiger partial charge in [-0.1, -0.05) is 19.9 Å². The molecule has 2 N–H and O–H groups in total. The molecule has 10 heteroatoms. The molecule has 1 heterocycles. The van der Waals surface area contributed by atoms with Crippen molar-refractivity contribution >= 4 is 28.9 Å². The van der Waals surface area contributed by atoms with Gasteiger partial charge in [0, 0.05) is 17.3 Å². The number of amides is 2. The molecule has 0 unspecified atom stereocenters. The van der Waals surface area contributed by atoms with E-state index >= 15 is 0 Å². The standard InChI is InChI=1S/C25H27N3O7/c1-4-10-33-22-14-19(20(28(31)32)15-23(22)34-11-5-2)27-24(29)17-9-8-16(3)18(13-17)26-25(30)21-7-6-12-35-21/h6-9,12-15H,4-5,10-11H2,1-3H3,(H,26,30)(H,27,29). The quantitative estimate of drug-likeness (QED) is 0.270. The third kappa shape index (κ3) is 6.38. The maximum absolute atomic E-state index is 13.0. The Morgan fingerprint density at radius 3 is 2.20 bits per heavy atom. The van der Waals surface area contributed by atoms with Crippen LogP contribution in [0.3, 0.4) is 0 Å². The van der Waals surface area contributed by atoms with E-state index in [1.807, 2.05) is 13.8 Å². The van der Waals surface area contributed by atoms with Crippen molar-refractivity contribution in [3.63, 3.8) is 0 Å². The first-order valence-corrected chi connectivity index (χ1v) is 11.2. The number of benzene rings is 2. The second kappa shape index (κ2) is 11.7. The Morgan fingerprint density at radius 2 is 1.60 bits per heavy atom. The smallest absolute Gasteiger partial charge is 0.296 e. The van der Waals surface area contributed by atoms with Gasteiger partial charge in [-0.05, 0) is 49.6 Å². The van der Waals surface area contributed by atoms with Gasteiger partial charge in [-0.25, -0.2) is 0 Å². The largest absolute Gasteiger partial charge is 0.490 e. The van der Waals surface area contributed by atoms with Gasteiger partial charge in [0.05, 0.1) is 30.5 Å². The molecule has 0 aliphatic rings. The van der Waals surface area contributed by atoms with Crippen LogP contribution >= 0.6 is 0 Å².